The summed E-state index contributed by atoms with van der Waals surface area (Å²) < 4.78 is 50.8. The first-order valence-corrected chi connectivity index (χ1v) is 11.2. The van der Waals surface area contributed by atoms with Gasteiger partial charge in [0.25, 0.3) is 5.91 Å². The molecule has 0 radical (unpaired) electrons. The van der Waals surface area contributed by atoms with Crippen molar-refractivity contribution in [2.75, 3.05) is 11.2 Å². The van der Waals surface area contributed by atoms with E-state index in [1.54, 1.807) is 45.4 Å². The predicted molar refractivity (Wildman–Crippen MR) is 113 cm³/mol. The Labute approximate surface area is 184 Å². The maximum Gasteiger partial charge on any atom is 0.408 e. The van der Waals surface area contributed by atoms with Crippen LogP contribution in [0, 0.1) is 6.92 Å². The lowest BCUT2D eigenvalue weighted by molar-refractivity contribution is -0.142. The Balaban J connectivity index is 1.78. The summed E-state index contributed by atoms with van der Waals surface area (Å²) >= 11 is 0. The average molecular weight is 463 g/mol. The van der Waals surface area contributed by atoms with Gasteiger partial charge in [-0.05, 0) is 38.5 Å². The second kappa shape index (κ2) is 7.51. The number of aryl methyl sites for hydroxylation is 1. The van der Waals surface area contributed by atoms with Crippen LogP contribution < -0.4 is 4.90 Å². The molecule has 7 nitrogen and oxygen atoms in total. The molecule has 1 aliphatic heterocycles. The van der Waals surface area contributed by atoms with Gasteiger partial charge < -0.3 is 0 Å². The smallest absolute Gasteiger partial charge is 0.294 e. The van der Waals surface area contributed by atoms with Crippen molar-refractivity contribution in [1.82, 2.24) is 19.7 Å². The number of hydrogen-bond donors (Lipinski definition) is 0. The van der Waals surface area contributed by atoms with Crippen LogP contribution in [-0.2, 0) is 22.9 Å². The number of aromatic nitrogens is 4. The van der Waals surface area contributed by atoms with Gasteiger partial charge in [0.05, 0.1) is 50.1 Å². The highest BCUT2D eigenvalue weighted by Gasteiger charge is 2.47. The Kier molecular flexibility index (Phi) is 5.19. The van der Waals surface area contributed by atoms with Gasteiger partial charge in [-0.15, -0.1) is 0 Å². The molecule has 0 bridgehead atoms. The molecular formula is C21H20F3N5O2S. The van der Waals surface area contributed by atoms with Gasteiger partial charge in [-0.3, -0.25) is 23.6 Å². The minimum atomic E-state index is -4.42. The SMILES string of the molecule is Cc1cc(-c2cncc([S@](C)=O)c2)nc2c1C(=O)N(c1cnn(CC(F)(F)F)c1)C2(C)C. The Hall–Kier alpha value is -3.08. The molecule has 1 atom stereocenters. The number of anilines is 1. The fourth-order valence-electron chi connectivity index (χ4n) is 3.90. The van der Waals surface area contributed by atoms with Crippen LogP contribution in [0.2, 0.25) is 0 Å². The molecule has 4 heterocycles. The van der Waals surface area contributed by atoms with Crippen LogP contribution in [-0.4, -0.2) is 42.3 Å². The normalized spacial score (nSPS) is 16.3. The standard InChI is InChI=1S/C21H20F3N5O2S/c1-12-5-16(13-6-15(32(4)31)9-25-7-13)27-18-17(12)19(30)29(20(18,2)3)14-8-26-28(10-14)11-21(22,23)24/h5-10H,11H2,1-4H3/t32-/m0/s1. The Morgan fingerprint density at radius 3 is 2.53 bits per heavy atom. The summed E-state index contributed by atoms with van der Waals surface area (Å²) in [5.74, 6) is -0.352. The molecule has 0 saturated heterocycles. The summed E-state index contributed by atoms with van der Waals surface area (Å²) in [6, 6.07) is 3.49. The number of rotatable bonds is 4. The van der Waals surface area contributed by atoms with Gasteiger partial charge in [0.2, 0.25) is 0 Å². The molecule has 11 heteroatoms. The molecule has 3 aromatic heterocycles. The molecule has 168 valence electrons. The van der Waals surface area contributed by atoms with Crippen molar-refractivity contribution in [2.24, 2.45) is 0 Å². The Morgan fingerprint density at radius 1 is 1.16 bits per heavy atom. The minimum absolute atomic E-state index is 0.258. The lowest BCUT2D eigenvalue weighted by atomic mass is 9.96. The van der Waals surface area contributed by atoms with Gasteiger partial charge in [0.15, 0.2) is 0 Å². The first kappa shape index (κ1) is 22.1. The number of pyridine rings is 2. The van der Waals surface area contributed by atoms with Crippen LogP contribution in [0.5, 0.6) is 0 Å². The molecule has 0 unspecified atom stereocenters. The summed E-state index contributed by atoms with van der Waals surface area (Å²) in [5, 5.41) is 3.77. The van der Waals surface area contributed by atoms with Crippen molar-refractivity contribution in [1.29, 1.82) is 0 Å². The molecular weight excluding hydrogens is 443 g/mol. The van der Waals surface area contributed by atoms with Gasteiger partial charge >= 0.3 is 6.18 Å². The summed E-state index contributed by atoms with van der Waals surface area (Å²) in [6.45, 7) is 4.10. The zero-order valence-corrected chi connectivity index (χ0v) is 18.6. The van der Waals surface area contributed by atoms with Crippen LogP contribution >= 0.6 is 0 Å². The van der Waals surface area contributed by atoms with E-state index in [2.05, 4.69) is 10.1 Å². The van der Waals surface area contributed by atoms with Crippen molar-refractivity contribution < 1.29 is 22.2 Å². The number of carbonyl (C=O) groups is 1. The third kappa shape index (κ3) is 3.81. The summed E-state index contributed by atoms with van der Waals surface area (Å²) in [4.78, 5) is 24.1. The van der Waals surface area contributed by atoms with Gasteiger partial charge in [0.1, 0.15) is 6.54 Å². The minimum Gasteiger partial charge on any atom is -0.294 e. The number of amides is 1. The first-order chi connectivity index (χ1) is 14.9. The van der Waals surface area contributed by atoms with Gasteiger partial charge in [0, 0.05) is 30.4 Å². The lowest BCUT2D eigenvalue weighted by Gasteiger charge is -2.30. The van der Waals surface area contributed by atoms with Crippen molar-refractivity contribution in [3.63, 3.8) is 0 Å². The van der Waals surface area contributed by atoms with E-state index in [1.165, 1.54) is 23.5 Å². The zero-order valence-electron chi connectivity index (χ0n) is 17.8. The number of carbonyl (C=O) groups excluding carboxylic acids is 1. The molecule has 0 fully saturated rings. The van der Waals surface area contributed by atoms with Gasteiger partial charge in [-0.25, -0.2) is 4.98 Å². The lowest BCUT2D eigenvalue weighted by Crippen LogP contribution is -2.39. The van der Waals surface area contributed by atoms with E-state index in [1.807, 2.05) is 0 Å². The molecule has 0 aromatic carbocycles. The van der Waals surface area contributed by atoms with Crippen LogP contribution in [0.25, 0.3) is 11.3 Å². The van der Waals surface area contributed by atoms with Crippen LogP contribution in [0.3, 0.4) is 0 Å². The fourth-order valence-corrected chi connectivity index (χ4v) is 4.40. The molecule has 3 aromatic rings. The summed E-state index contributed by atoms with van der Waals surface area (Å²) in [5.41, 5.74) is 2.14. The Morgan fingerprint density at radius 2 is 1.88 bits per heavy atom. The number of alkyl halides is 3. The van der Waals surface area contributed by atoms with Crippen molar-refractivity contribution >= 4 is 22.4 Å². The number of fused-ring (bicyclic) bond motifs is 1. The van der Waals surface area contributed by atoms with Crippen LogP contribution in [0.15, 0.2) is 41.8 Å². The molecule has 32 heavy (non-hydrogen) atoms. The highest BCUT2D eigenvalue weighted by Crippen LogP contribution is 2.43. The number of halogens is 3. The van der Waals surface area contributed by atoms with E-state index in [-0.39, 0.29) is 11.6 Å². The van der Waals surface area contributed by atoms with E-state index in [0.29, 0.717) is 33.0 Å². The van der Waals surface area contributed by atoms with Crippen molar-refractivity contribution in [3.8, 4) is 11.3 Å². The van der Waals surface area contributed by atoms with Gasteiger partial charge in [-0.2, -0.15) is 18.3 Å². The first-order valence-electron chi connectivity index (χ1n) is 9.63. The van der Waals surface area contributed by atoms with E-state index in [4.69, 9.17) is 4.98 Å². The molecule has 1 aliphatic rings. The average Bonchev–Trinajstić information content (AvgIpc) is 3.20. The third-order valence-corrected chi connectivity index (χ3v) is 6.22. The topological polar surface area (TPSA) is 81.0 Å². The van der Waals surface area contributed by atoms with Crippen molar-refractivity contribution in [3.05, 3.63) is 53.7 Å². The predicted octanol–water partition coefficient (Wildman–Crippen LogP) is 3.84. The van der Waals surface area contributed by atoms with E-state index >= 15 is 0 Å². The molecule has 0 saturated carbocycles. The number of nitrogens with zero attached hydrogens (tertiary/aromatic N) is 5. The molecule has 0 aliphatic carbocycles. The molecule has 1 amide bonds. The monoisotopic (exact) mass is 463 g/mol. The molecule has 0 N–H and O–H groups in total. The van der Waals surface area contributed by atoms with Crippen LogP contribution in [0.1, 0.15) is 35.5 Å². The van der Waals surface area contributed by atoms with E-state index in [9.17, 15) is 22.2 Å². The second-order valence-corrected chi connectivity index (χ2v) is 9.50. The maximum atomic E-state index is 13.3. The summed E-state index contributed by atoms with van der Waals surface area (Å²) in [7, 11) is -1.22. The quantitative estimate of drug-likeness (QED) is 0.587. The fraction of sp³-hybridized carbons (Fsp3) is 0.333. The highest BCUT2D eigenvalue weighted by molar-refractivity contribution is 7.84. The maximum absolute atomic E-state index is 13.3. The van der Waals surface area contributed by atoms with Crippen molar-refractivity contribution in [2.45, 2.75) is 43.9 Å². The van der Waals surface area contributed by atoms with Gasteiger partial charge in [-0.1, -0.05) is 0 Å². The molecule has 0 spiro atoms. The largest absolute Gasteiger partial charge is 0.408 e. The zero-order chi connectivity index (χ0) is 23.4. The van der Waals surface area contributed by atoms with E-state index < -0.39 is 29.1 Å². The number of hydrogen-bond acceptors (Lipinski definition) is 5. The molecule has 4 rings (SSSR count). The third-order valence-electron chi connectivity index (χ3n) is 5.33. The van der Waals surface area contributed by atoms with Crippen LogP contribution in [0.4, 0.5) is 18.9 Å². The highest BCUT2D eigenvalue weighted by atomic mass is 32.2. The second-order valence-electron chi connectivity index (χ2n) is 8.12. The van der Waals surface area contributed by atoms with E-state index in [0.717, 1.165) is 4.68 Å². The summed E-state index contributed by atoms with van der Waals surface area (Å²) in [6.07, 6.45) is 2.72. The Bertz CT molecular complexity index is 1250.